The number of carbonyl (C=O) groups is 2. The third kappa shape index (κ3) is 4.17. The molecule has 7 nitrogen and oxygen atoms in total. The van der Waals surface area contributed by atoms with Crippen LogP contribution >= 0.6 is 0 Å². The number of benzene rings is 2. The zero-order valence-corrected chi connectivity index (χ0v) is 17.8. The summed E-state index contributed by atoms with van der Waals surface area (Å²) in [5.74, 6) is -0.427. The third-order valence-electron chi connectivity index (χ3n) is 5.66. The van der Waals surface area contributed by atoms with Crippen molar-refractivity contribution in [3.8, 4) is 11.3 Å². The van der Waals surface area contributed by atoms with E-state index in [0.717, 1.165) is 29.7 Å². The van der Waals surface area contributed by atoms with Crippen LogP contribution in [0.1, 0.15) is 53.4 Å². The van der Waals surface area contributed by atoms with Crippen LogP contribution < -0.4 is 16.8 Å². The maximum atomic E-state index is 12.5. The van der Waals surface area contributed by atoms with Crippen molar-refractivity contribution in [1.82, 2.24) is 9.78 Å². The number of aryl methyl sites for hydroxylation is 2. The fourth-order valence-corrected chi connectivity index (χ4v) is 4.11. The maximum absolute atomic E-state index is 12.5. The summed E-state index contributed by atoms with van der Waals surface area (Å²) in [6.45, 7) is 3.86. The molecule has 1 aliphatic carbocycles. The average Bonchev–Trinajstić information content (AvgIpc) is 3.32. The fraction of sp³-hybridized carbons (Fsp3) is 0.292. The highest BCUT2D eigenvalue weighted by atomic mass is 16.2. The lowest BCUT2D eigenvalue weighted by molar-refractivity contribution is -0.115. The zero-order chi connectivity index (χ0) is 22.1. The molecule has 0 saturated carbocycles. The summed E-state index contributed by atoms with van der Waals surface area (Å²) < 4.78 is 1.59. The van der Waals surface area contributed by atoms with Crippen molar-refractivity contribution in [2.75, 3.05) is 11.1 Å². The van der Waals surface area contributed by atoms with Crippen molar-refractivity contribution in [3.63, 3.8) is 0 Å². The number of nitrogens with two attached hydrogens (primary N) is 2. The summed E-state index contributed by atoms with van der Waals surface area (Å²) in [7, 11) is 0. The monoisotopic (exact) mass is 417 g/mol. The van der Waals surface area contributed by atoms with Crippen LogP contribution in [-0.2, 0) is 24.1 Å². The molecular weight excluding hydrogens is 390 g/mol. The Bertz CT molecular complexity index is 1150. The molecule has 0 atom stereocenters. The highest BCUT2D eigenvalue weighted by Crippen LogP contribution is 2.29. The molecule has 5 N–H and O–H groups in total. The zero-order valence-electron chi connectivity index (χ0n) is 17.8. The fourth-order valence-electron chi connectivity index (χ4n) is 4.11. The lowest BCUT2D eigenvalue weighted by Crippen LogP contribution is -2.15. The molecular formula is C24H27N5O2. The lowest BCUT2D eigenvalue weighted by atomic mass is 10.0. The number of nitrogen functional groups attached to an aromatic ring is 1. The molecule has 0 radical (unpaired) electrons. The van der Waals surface area contributed by atoms with Crippen molar-refractivity contribution in [1.29, 1.82) is 0 Å². The van der Waals surface area contributed by atoms with Gasteiger partial charge in [0.05, 0.1) is 6.42 Å². The van der Waals surface area contributed by atoms with Gasteiger partial charge in [-0.25, -0.2) is 4.68 Å². The van der Waals surface area contributed by atoms with Gasteiger partial charge < -0.3 is 16.8 Å². The van der Waals surface area contributed by atoms with Crippen LogP contribution in [0.15, 0.2) is 42.5 Å². The molecule has 1 heterocycles. The number of hydrogen-bond acceptors (Lipinski definition) is 4. The number of anilines is 2. The number of nitrogens with zero attached hydrogens (tertiary/aromatic N) is 2. The van der Waals surface area contributed by atoms with Gasteiger partial charge in [-0.2, -0.15) is 5.10 Å². The quantitative estimate of drug-likeness (QED) is 0.569. The Morgan fingerprint density at radius 2 is 1.81 bits per heavy atom. The number of nitrogens with one attached hydrogen (secondary N) is 1. The van der Waals surface area contributed by atoms with Crippen molar-refractivity contribution in [2.45, 2.75) is 45.6 Å². The van der Waals surface area contributed by atoms with Crippen LogP contribution in [0.4, 0.5) is 11.5 Å². The second-order valence-electron chi connectivity index (χ2n) is 8.27. The second kappa shape index (κ2) is 8.26. The predicted octanol–water partition coefficient (Wildman–Crippen LogP) is 3.48. The number of aromatic nitrogens is 2. The topological polar surface area (TPSA) is 116 Å². The van der Waals surface area contributed by atoms with Crippen molar-refractivity contribution < 1.29 is 9.59 Å². The second-order valence-corrected chi connectivity index (χ2v) is 8.27. The van der Waals surface area contributed by atoms with Crippen molar-refractivity contribution in [2.24, 2.45) is 5.73 Å². The van der Waals surface area contributed by atoms with Crippen LogP contribution in [0.3, 0.4) is 0 Å². The summed E-state index contributed by atoms with van der Waals surface area (Å²) >= 11 is 0. The smallest absolute Gasteiger partial charge is 0.254 e. The predicted molar refractivity (Wildman–Crippen MR) is 122 cm³/mol. The van der Waals surface area contributed by atoms with Gasteiger partial charge in [0.1, 0.15) is 17.1 Å². The largest absolute Gasteiger partial charge is 0.383 e. The van der Waals surface area contributed by atoms with Gasteiger partial charge in [0.2, 0.25) is 5.91 Å². The van der Waals surface area contributed by atoms with Crippen LogP contribution in [0, 0.1) is 0 Å². The molecule has 1 aliphatic rings. The minimum atomic E-state index is -0.614. The first-order valence-corrected chi connectivity index (χ1v) is 10.5. The molecule has 0 bridgehead atoms. The van der Waals surface area contributed by atoms with Gasteiger partial charge in [-0.15, -0.1) is 0 Å². The summed E-state index contributed by atoms with van der Waals surface area (Å²) in [6.07, 6.45) is 3.62. The number of fused-ring (bicyclic) bond motifs is 1. The number of amides is 2. The molecule has 2 amide bonds. The highest BCUT2D eigenvalue weighted by molar-refractivity contribution is 6.03. The van der Waals surface area contributed by atoms with Crippen molar-refractivity contribution in [3.05, 3.63) is 64.7 Å². The van der Waals surface area contributed by atoms with Gasteiger partial charge in [-0.05, 0) is 61.9 Å². The normalized spacial score (nSPS) is 12.7. The van der Waals surface area contributed by atoms with E-state index in [4.69, 9.17) is 11.5 Å². The SMILES string of the molecule is CC(C)n1nc(-c2ccc(CC(=O)Nc3ccc4c(c3)CCC4)cc2)c(C(N)=O)c1N. The molecule has 2 aromatic carbocycles. The maximum Gasteiger partial charge on any atom is 0.254 e. The molecule has 3 aromatic rings. The first-order valence-electron chi connectivity index (χ1n) is 10.5. The van der Waals surface area contributed by atoms with Gasteiger partial charge >= 0.3 is 0 Å². The molecule has 4 rings (SSSR count). The van der Waals surface area contributed by atoms with E-state index in [9.17, 15) is 9.59 Å². The van der Waals surface area contributed by atoms with Crippen LogP contribution in [0.5, 0.6) is 0 Å². The molecule has 0 unspecified atom stereocenters. The highest BCUT2D eigenvalue weighted by Gasteiger charge is 2.22. The Hall–Kier alpha value is -3.61. The van der Waals surface area contributed by atoms with Crippen LogP contribution in [0.2, 0.25) is 0 Å². The third-order valence-corrected chi connectivity index (χ3v) is 5.66. The first kappa shape index (κ1) is 20.7. The number of primary amides is 1. The van der Waals surface area contributed by atoms with E-state index in [1.807, 2.05) is 44.2 Å². The van der Waals surface area contributed by atoms with E-state index in [1.165, 1.54) is 17.5 Å². The Kier molecular flexibility index (Phi) is 5.50. The minimum Gasteiger partial charge on any atom is -0.383 e. The molecule has 31 heavy (non-hydrogen) atoms. The summed E-state index contributed by atoms with van der Waals surface area (Å²) in [5, 5.41) is 7.47. The molecule has 0 saturated heterocycles. The molecule has 160 valence electrons. The van der Waals surface area contributed by atoms with Gasteiger partial charge in [-0.3, -0.25) is 9.59 Å². The Morgan fingerprint density at radius 1 is 1.10 bits per heavy atom. The molecule has 0 spiro atoms. The summed E-state index contributed by atoms with van der Waals surface area (Å²) in [4.78, 5) is 24.4. The van der Waals surface area contributed by atoms with Gasteiger partial charge in [0.15, 0.2) is 0 Å². The van der Waals surface area contributed by atoms with E-state index in [1.54, 1.807) is 4.68 Å². The molecule has 7 heteroatoms. The summed E-state index contributed by atoms with van der Waals surface area (Å²) in [5.41, 5.74) is 17.4. The van der Waals surface area contributed by atoms with E-state index < -0.39 is 5.91 Å². The minimum absolute atomic E-state index is 0.00552. The van der Waals surface area contributed by atoms with Gasteiger partial charge in [0.25, 0.3) is 5.91 Å². The Balaban J connectivity index is 1.49. The Labute approximate surface area is 181 Å². The van der Waals surface area contributed by atoms with Crippen LogP contribution in [0.25, 0.3) is 11.3 Å². The van der Waals surface area contributed by atoms with E-state index in [0.29, 0.717) is 5.69 Å². The molecule has 1 aromatic heterocycles. The number of rotatable bonds is 6. The average molecular weight is 418 g/mol. The standard InChI is InChI=1S/C24H27N5O2/c1-14(2)29-23(25)21(24(26)31)22(28-29)17-8-6-15(7-9-17)12-20(30)27-19-11-10-16-4-3-5-18(16)13-19/h6-11,13-14H,3-5,12,25H2,1-2H3,(H2,26,31)(H,27,30). The first-order chi connectivity index (χ1) is 14.8. The number of carbonyl (C=O) groups excluding carboxylic acids is 2. The van der Waals surface area contributed by atoms with Gasteiger partial charge in [0, 0.05) is 17.3 Å². The molecule has 0 fully saturated rings. The molecule has 0 aliphatic heterocycles. The van der Waals surface area contributed by atoms with E-state index in [-0.39, 0.29) is 29.8 Å². The lowest BCUT2D eigenvalue weighted by Gasteiger charge is -2.08. The Morgan fingerprint density at radius 3 is 2.48 bits per heavy atom. The number of hydrogen-bond donors (Lipinski definition) is 3. The summed E-state index contributed by atoms with van der Waals surface area (Å²) in [6, 6.07) is 13.5. The van der Waals surface area contributed by atoms with E-state index >= 15 is 0 Å². The van der Waals surface area contributed by atoms with Gasteiger partial charge in [-0.1, -0.05) is 30.3 Å². The van der Waals surface area contributed by atoms with Crippen LogP contribution in [-0.4, -0.2) is 21.6 Å². The van der Waals surface area contributed by atoms with E-state index in [2.05, 4.69) is 22.5 Å². The van der Waals surface area contributed by atoms with Crippen molar-refractivity contribution >= 4 is 23.3 Å².